The van der Waals surface area contributed by atoms with Crippen LogP contribution in [0.3, 0.4) is 0 Å². The minimum absolute atomic E-state index is 0.127. The molecule has 0 aliphatic heterocycles. The van der Waals surface area contributed by atoms with Gasteiger partial charge in [-0.3, -0.25) is 14.5 Å². The van der Waals surface area contributed by atoms with Crippen molar-refractivity contribution in [2.45, 2.75) is 27.7 Å². The first kappa shape index (κ1) is 17.2. The molecule has 0 fully saturated rings. The molecule has 0 aliphatic carbocycles. The van der Waals surface area contributed by atoms with E-state index in [1.165, 1.54) is 5.56 Å². The van der Waals surface area contributed by atoms with Crippen LogP contribution in [0.5, 0.6) is 0 Å². The predicted octanol–water partition coefficient (Wildman–Crippen LogP) is 2.28. The molecule has 0 aromatic heterocycles. The number of carbonyl (C=O) groups excluding carboxylic acids is 1. The maximum Gasteiger partial charge on any atom is 0.307 e. The maximum atomic E-state index is 12.0. The van der Waals surface area contributed by atoms with Crippen molar-refractivity contribution < 1.29 is 14.7 Å². The molecule has 0 saturated heterocycles. The largest absolute Gasteiger partial charge is 0.481 e. The summed E-state index contributed by atoms with van der Waals surface area (Å²) >= 11 is 0. The number of benzene rings is 1. The molecule has 5 nitrogen and oxygen atoms in total. The zero-order valence-corrected chi connectivity index (χ0v) is 13.1. The number of rotatable bonds is 7. The van der Waals surface area contributed by atoms with Crippen LogP contribution in [0.25, 0.3) is 0 Å². The molecule has 0 saturated carbocycles. The van der Waals surface area contributed by atoms with Crippen molar-refractivity contribution in [1.29, 1.82) is 0 Å². The summed E-state index contributed by atoms with van der Waals surface area (Å²) in [4.78, 5) is 24.7. The number of hydrogen-bond acceptors (Lipinski definition) is 3. The van der Waals surface area contributed by atoms with Gasteiger partial charge in [0.1, 0.15) is 0 Å². The number of carbonyl (C=O) groups is 2. The normalized spacial score (nSPS) is 12.2. The van der Waals surface area contributed by atoms with Gasteiger partial charge in [-0.05, 0) is 43.7 Å². The summed E-state index contributed by atoms with van der Waals surface area (Å²) in [6.45, 7) is 8.78. The lowest BCUT2D eigenvalue weighted by atomic mass is 10.1. The smallest absolute Gasteiger partial charge is 0.307 e. The minimum atomic E-state index is -0.844. The number of carboxylic acid groups (broad SMARTS) is 1. The maximum absolute atomic E-state index is 12.0. The number of hydrogen-bond donors (Lipinski definition) is 2. The van der Waals surface area contributed by atoms with Gasteiger partial charge < -0.3 is 10.4 Å². The number of aryl methyl sites for hydroxylation is 2. The quantitative estimate of drug-likeness (QED) is 0.809. The van der Waals surface area contributed by atoms with Gasteiger partial charge in [-0.25, -0.2) is 0 Å². The molecule has 0 radical (unpaired) electrons. The first-order chi connectivity index (χ1) is 9.83. The topological polar surface area (TPSA) is 69.6 Å². The Morgan fingerprint density at radius 1 is 1.29 bits per heavy atom. The second-order valence-electron chi connectivity index (χ2n) is 5.41. The number of amides is 1. The van der Waals surface area contributed by atoms with Crippen LogP contribution >= 0.6 is 0 Å². The molecule has 0 heterocycles. The highest BCUT2D eigenvalue weighted by molar-refractivity contribution is 5.92. The number of aliphatic carboxylic acids is 1. The average molecular weight is 292 g/mol. The van der Waals surface area contributed by atoms with Gasteiger partial charge in [-0.15, -0.1) is 0 Å². The summed E-state index contributed by atoms with van der Waals surface area (Å²) in [5.74, 6) is -1.46. The van der Waals surface area contributed by atoms with E-state index >= 15 is 0 Å². The lowest BCUT2D eigenvalue weighted by Gasteiger charge is -2.21. The monoisotopic (exact) mass is 292 g/mol. The number of anilines is 1. The average Bonchev–Trinajstić information content (AvgIpc) is 2.41. The third-order valence-corrected chi connectivity index (χ3v) is 3.56. The Balaban J connectivity index is 2.58. The molecule has 116 valence electrons. The van der Waals surface area contributed by atoms with Gasteiger partial charge in [0.05, 0.1) is 12.5 Å². The summed E-state index contributed by atoms with van der Waals surface area (Å²) in [6, 6.07) is 5.77. The second-order valence-corrected chi connectivity index (χ2v) is 5.41. The summed E-state index contributed by atoms with van der Waals surface area (Å²) in [5.41, 5.74) is 3.07. The highest BCUT2D eigenvalue weighted by Gasteiger charge is 2.17. The van der Waals surface area contributed by atoms with Crippen molar-refractivity contribution in [3.8, 4) is 0 Å². The van der Waals surface area contributed by atoms with Crippen LogP contribution in [0.2, 0.25) is 0 Å². The Kier molecular flexibility index (Phi) is 6.37. The van der Waals surface area contributed by atoms with E-state index in [0.29, 0.717) is 13.1 Å². The highest BCUT2D eigenvalue weighted by Crippen LogP contribution is 2.14. The third-order valence-electron chi connectivity index (χ3n) is 3.56. The molecule has 0 spiro atoms. The Hall–Kier alpha value is -1.88. The van der Waals surface area contributed by atoms with E-state index < -0.39 is 11.9 Å². The van der Waals surface area contributed by atoms with Crippen molar-refractivity contribution >= 4 is 17.6 Å². The zero-order valence-electron chi connectivity index (χ0n) is 13.1. The molecular weight excluding hydrogens is 268 g/mol. The van der Waals surface area contributed by atoms with Crippen LogP contribution in [-0.2, 0) is 9.59 Å². The Morgan fingerprint density at radius 3 is 2.48 bits per heavy atom. The van der Waals surface area contributed by atoms with Gasteiger partial charge in [0.15, 0.2) is 0 Å². The van der Waals surface area contributed by atoms with Gasteiger partial charge in [-0.1, -0.05) is 19.9 Å². The van der Waals surface area contributed by atoms with Gasteiger partial charge in [-0.2, -0.15) is 0 Å². The van der Waals surface area contributed by atoms with Crippen LogP contribution in [-0.4, -0.2) is 41.5 Å². The molecule has 1 aromatic carbocycles. The molecule has 21 heavy (non-hydrogen) atoms. The summed E-state index contributed by atoms with van der Waals surface area (Å²) in [7, 11) is 0. The Bertz CT molecular complexity index is 514. The SMILES string of the molecule is CCN(CC(=O)Nc1ccc(C)c(C)c1)CC(C)C(=O)O. The first-order valence-corrected chi connectivity index (χ1v) is 7.15. The van der Waals surface area contributed by atoms with Crippen molar-refractivity contribution in [1.82, 2.24) is 4.90 Å². The lowest BCUT2D eigenvalue weighted by molar-refractivity contribution is -0.142. The van der Waals surface area contributed by atoms with Crippen molar-refractivity contribution in [2.24, 2.45) is 5.92 Å². The van der Waals surface area contributed by atoms with Gasteiger partial charge in [0, 0.05) is 12.2 Å². The second kappa shape index (κ2) is 7.78. The molecule has 5 heteroatoms. The van der Waals surface area contributed by atoms with Crippen LogP contribution in [0.1, 0.15) is 25.0 Å². The molecule has 1 atom stereocenters. The van der Waals surface area contributed by atoms with Gasteiger partial charge >= 0.3 is 5.97 Å². The van der Waals surface area contributed by atoms with E-state index in [0.717, 1.165) is 11.3 Å². The van der Waals surface area contributed by atoms with Crippen LogP contribution in [0, 0.1) is 19.8 Å². The number of nitrogens with zero attached hydrogens (tertiary/aromatic N) is 1. The summed E-state index contributed by atoms with van der Waals surface area (Å²) in [6.07, 6.45) is 0. The fraction of sp³-hybridized carbons (Fsp3) is 0.500. The molecule has 1 amide bonds. The van der Waals surface area contributed by atoms with Gasteiger partial charge in [0.2, 0.25) is 5.91 Å². The predicted molar refractivity (Wildman–Crippen MR) is 83.5 cm³/mol. The van der Waals surface area contributed by atoms with Crippen molar-refractivity contribution in [3.63, 3.8) is 0 Å². The molecule has 1 unspecified atom stereocenters. The number of nitrogens with one attached hydrogen (secondary N) is 1. The van der Waals surface area contributed by atoms with Crippen molar-refractivity contribution in [2.75, 3.05) is 25.0 Å². The van der Waals surface area contributed by atoms with Crippen molar-refractivity contribution in [3.05, 3.63) is 29.3 Å². The van der Waals surface area contributed by atoms with E-state index in [9.17, 15) is 9.59 Å². The standard InChI is InChI=1S/C16H24N2O3/c1-5-18(9-13(4)16(20)21)10-15(19)17-14-7-6-11(2)12(3)8-14/h6-8,13H,5,9-10H2,1-4H3,(H,17,19)(H,20,21). The minimum Gasteiger partial charge on any atom is -0.481 e. The number of carboxylic acids is 1. The van der Waals surface area contributed by atoms with Crippen LogP contribution in [0.4, 0.5) is 5.69 Å². The fourth-order valence-corrected chi connectivity index (χ4v) is 1.99. The molecular formula is C16H24N2O3. The lowest BCUT2D eigenvalue weighted by Crippen LogP contribution is -2.37. The third kappa shape index (κ3) is 5.55. The Labute approximate surface area is 126 Å². The zero-order chi connectivity index (χ0) is 16.0. The Morgan fingerprint density at radius 2 is 1.95 bits per heavy atom. The molecule has 0 bridgehead atoms. The fourth-order valence-electron chi connectivity index (χ4n) is 1.99. The molecule has 2 N–H and O–H groups in total. The highest BCUT2D eigenvalue weighted by atomic mass is 16.4. The van der Waals surface area contributed by atoms with Crippen LogP contribution in [0.15, 0.2) is 18.2 Å². The van der Waals surface area contributed by atoms with E-state index in [1.54, 1.807) is 6.92 Å². The van der Waals surface area contributed by atoms with E-state index in [4.69, 9.17) is 5.11 Å². The van der Waals surface area contributed by atoms with E-state index in [1.807, 2.05) is 43.9 Å². The molecule has 1 rings (SSSR count). The molecule has 0 aliphatic rings. The summed E-state index contributed by atoms with van der Waals surface area (Å²) in [5, 5.41) is 11.8. The van der Waals surface area contributed by atoms with E-state index in [-0.39, 0.29) is 12.5 Å². The summed E-state index contributed by atoms with van der Waals surface area (Å²) < 4.78 is 0. The van der Waals surface area contributed by atoms with E-state index in [2.05, 4.69) is 5.32 Å². The van der Waals surface area contributed by atoms with Gasteiger partial charge in [0.25, 0.3) is 0 Å². The number of likely N-dealkylation sites (N-methyl/N-ethyl adjacent to an activating group) is 1. The first-order valence-electron chi connectivity index (χ1n) is 7.15. The van der Waals surface area contributed by atoms with Crippen LogP contribution < -0.4 is 5.32 Å². The molecule has 1 aromatic rings.